The summed E-state index contributed by atoms with van der Waals surface area (Å²) in [5.74, 6) is 1.13. The molecule has 21 heavy (non-hydrogen) atoms. The van der Waals surface area contributed by atoms with Crippen LogP contribution in [0.5, 0.6) is 0 Å². The summed E-state index contributed by atoms with van der Waals surface area (Å²) < 4.78 is 1.03. The predicted octanol–water partition coefficient (Wildman–Crippen LogP) is 4.32. The summed E-state index contributed by atoms with van der Waals surface area (Å²) in [7, 11) is 0. The van der Waals surface area contributed by atoms with Crippen molar-refractivity contribution < 1.29 is 4.79 Å². The Balaban J connectivity index is 2.17. The first kappa shape index (κ1) is 16.3. The van der Waals surface area contributed by atoms with Gasteiger partial charge in [0, 0.05) is 10.2 Å². The van der Waals surface area contributed by atoms with Crippen LogP contribution in [0.15, 0.2) is 28.7 Å². The number of hydrogen-bond acceptors (Lipinski definition) is 2. The van der Waals surface area contributed by atoms with E-state index in [9.17, 15) is 4.79 Å². The van der Waals surface area contributed by atoms with Crippen LogP contribution in [0, 0.1) is 11.8 Å². The van der Waals surface area contributed by atoms with E-state index in [-0.39, 0.29) is 5.91 Å². The number of halogens is 1. The first-order valence-electron chi connectivity index (χ1n) is 7.76. The predicted molar refractivity (Wildman–Crippen MR) is 91.1 cm³/mol. The molecule has 1 fully saturated rings. The average Bonchev–Trinajstić information content (AvgIpc) is 2.65. The van der Waals surface area contributed by atoms with E-state index >= 15 is 0 Å². The number of carbonyl (C=O) groups is 1. The van der Waals surface area contributed by atoms with Gasteiger partial charge in [-0.1, -0.05) is 42.6 Å². The molecule has 1 aliphatic rings. The molecule has 116 valence electrons. The summed E-state index contributed by atoms with van der Waals surface area (Å²) in [6, 6.07) is 7.93. The molecule has 1 saturated carbocycles. The molecule has 0 aliphatic heterocycles. The number of anilines is 1. The molecule has 3 nitrogen and oxygen atoms in total. The smallest absolute Gasteiger partial charge is 0.243 e. The number of hydrogen-bond donors (Lipinski definition) is 2. The van der Waals surface area contributed by atoms with E-state index in [1.165, 1.54) is 6.42 Å². The van der Waals surface area contributed by atoms with Gasteiger partial charge in [0.15, 0.2) is 0 Å². The Hall–Kier alpha value is -1.03. The summed E-state index contributed by atoms with van der Waals surface area (Å²) in [6.07, 6.45) is 4.94. The van der Waals surface area contributed by atoms with E-state index in [2.05, 4.69) is 35.1 Å². The highest BCUT2D eigenvalue weighted by Crippen LogP contribution is 2.36. The maximum absolute atomic E-state index is 12.1. The van der Waals surface area contributed by atoms with Gasteiger partial charge in [0.25, 0.3) is 0 Å². The molecule has 0 saturated heterocycles. The average molecular weight is 353 g/mol. The first-order valence-corrected chi connectivity index (χ1v) is 8.56. The second kappa shape index (κ2) is 6.82. The van der Waals surface area contributed by atoms with Gasteiger partial charge in [0.1, 0.15) is 5.54 Å². The third-order valence-corrected chi connectivity index (χ3v) is 5.29. The molecule has 0 heterocycles. The highest BCUT2D eigenvalue weighted by Gasteiger charge is 2.38. The summed E-state index contributed by atoms with van der Waals surface area (Å²) >= 11 is 3.43. The van der Waals surface area contributed by atoms with Crippen molar-refractivity contribution in [3.05, 3.63) is 28.7 Å². The number of benzene rings is 1. The molecule has 0 spiro atoms. The maximum Gasteiger partial charge on any atom is 0.243 e. The van der Waals surface area contributed by atoms with Crippen LogP contribution in [0.25, 0.3) is 0 Å². The summed E-state index contributed by atoms with van der Waals surface area (Å²) in [5, 5.41) is 3.43. The Morgan fingerprint density at radius 3 is 2.52 bits per heavy atom. The van der Waals surface area contributed by atoms with Crippen molar-refractivity contribution in [1.82, 2.24) is 0 Å². The SMILES string of the molecule is CC(C)C1CCCC(Nc2ccc(Br)cc2)(C(N)=O)CC1. The fraction of sp³-hybridized carbons (Fsp3) is 0.588. The second-order valence-electron chi connectivity index (χ2n) is 6.51. The zero-order valence-corrected chi connectivity index (χ0v) is 14.4. The van der Waals surface area contributed by atoms with Crippen LogP contribution in [0.2, 0.25) is 0 Å². The fourth-order valence-electron chi connectivity index (χ4n) is 3.28. The van der Waals surface area contributed by atoms with Crippen molar-refractivity contribution in [3.63, 3.8) is 0 Å². The Kier molecular flexibility index (Phi) is 5.31. The van der Waals surface area contributed by atoms with Crippen LogP contribution in [-0.2, 0) is 4.79 Å². The molecule has 0 bridgehead atoms. The van der Waals surface area contributed by atoms with Gasteiger partial charge >= 0.3 is 0 Å². The molecular weight excluding hydrogens is 328 g/mol. The Morgan fingerprint density at radius 1 is 1.29 bits per heavy atom. The van der Waals surface area contributed by atoms with E-state index < -0.39 is 5.54 Å². The van der Waals surface area contributed by atoms with E-state index in [1.807, 2.05) is 24.3 Å². The molecule has 1 aromatic carbocycles. The van der Waals surface area contributed by atoms with E-state index in [4.69, 9.17) is 5.73 Å². The minimum Gasteiger partial charge on any atom is -0.371 e. The number of rotatable bonds is 4. The number of amides is 1. The van der Waals surface area contributed by atoms with Crippen LogP contribution in [-0.4, -0.2) is 11.4 Å². The van der Waals surface area contributed by atoms with Gasteiger partial charge in [0.2, 0.25) is 5.91 Å². The molecule has 2 unspecified atom stereocenters. The highest BCUT2D eigenvalue weighted by atomic mass is 79.9. The summed E-state index contributed by atoms with van der Waals surface area (Å²) in [6.45, 7) is 4.54. The molecular formula is C17H25BrN2O. The summed E-state index contributed by atoms with van der Waals surface area (Å²) in [4.78, 5) is 12.1. The molecule has 0 radical (unpaired) electrons. The molecule has 4 heteroatoms. The standard InChI is InChI=1S/C17H25BrN2O/c1-12(2)13-4-3-10-17(11-9-13,16(19)21)20-15-7-5-14(18)6-8-15/h5-8,12-13,20H,3-4,9-11H2,1-2H3,(H2,19,21). The van der Waals surface area contributed by atoms with Crippen LogP contribution in [0.1, 0.15) is 46.0 Å². The van der Waals surface area contributed by atoms with E-state index in [0.717, 1.165) is 35.8 Å². The lowest BCUT2D eigenvalue weighted by Gasteiger charge is -2.32. The third-order valence-electron chi connectivity index (χ3n) is 4.76. The van der Waals surface area contributed by atoms with Gasteiger partial charge in [-0.3, -0.25) is 4.79 Å². The number of primary amides is 1. The van der Waals surface area contributed by atoms with Crippen molar-refractivity contribution >= 4 is 27.5 Å². The van der Waals surface area contributed by atoms with Crippen molar-refractivity contribution in [2.45, 2.75) is 51.5 Å². The van der Waals surface area contributed by atoms with Crippen molar-refractivity contribution in [1.29, 1.82) is 0 Å². The lowest BCUT2D eigenvalue weighted by Crippen LogP contribution is -2.50. The van der Waals surface area contributed by atoms with E-state index in [1.54, 1.807) is 0 Å². The molecule has 0 aromatic heterocycles. The first-order chi connectivity index (χ1) is 9.93. The lowest BCUT2D eigenvalue weighted by atomic mass is 9.86. The lowest BCUT2D eigenvalue weighted by molar-refractivity contribution is -0.122. The minimum absolute atomic E-state index is 0.227. The zero-order valence-electron chi connectivity index (χ0n) is 12.9. The normalized spacial score (nSPS) is 26.4. The fourth-order valence-corrected chi connectivity index (χ4v) is 3.54. The number of nitrogens with two attached hydrogens (primary N) is 1. The molecule has 1 aromatic rings. The monoisotopic (exact) mass is 352 g/mol. The van der Waals surface area contributed by atoms with Gasteiger partial charge in [-0.15, -0.1) is 0 Å². The van der Waals surface area contributed by atoms with Crippen molar-refractivity contribution in [2.75, 3.05) is 5.32 Å². The van der Waals surface area contributed by atoms with Crippen LogP contribution < -0.4 is 11.1 Å². The maximum atomic E-state index is 12.1. The topological polar surface area (TPSA) is 55.1 Å². The van der Waals surface area contributed by atoms with Crippen molar-refractivity contribution in [3.8, 4) is 0 Å². The largest absolute Gasteiger partial charge is 0.371 e. The van der Waals surface area contributed by atoms with Gasteiger partial charge in [-0.05, 0) is 55.4 Å². The number of nitrogens with one attached hydrogen (secondary N) is 1. The molecule has 2 rings (SSSR count). The van der Waals surface area contributed by atoms with Gasteiger partial charge in [-0.25, -0.2) is 0 Å². The molecule has 1 amide bonds. The van der Waals surface area contributed by atoms with Crippen LogP contribution >= 0.6 is 15.9 Å². The molecule has 2 atom stereocenters. The Bertz CT molecular complexity index is 486. The van der Waals surface area contributed by atoms with Crippen molar-refractivity contribution in [2.24, 2.45) is 17.6 Å². The second-order valence-corrected chi connectivity index (χ2v) is 7.43. The zero-order chi connectivity index (χ0) is 15.5. The highest BCUT2D eigenvalue weighted by molar-refractivity contribution is 9.10. The third kappa shape index (κ3) is 4.00. The number of carbonyl (C=O) groups excluding carboxylic acids is 1. The van der Waals surface area contributed by atoms with Gasteiger partial charge in [-0.2, -0.15) is 0 Å². The van der Waals surface area contributed by atoms with E-state index in [0.29, 0.717) is 11.8 Å². The van der Waals surface area contributed by atoms with Gasteiger partial charge < -0.3 is 11.1 Å². The minimum atomic E-state index is -0.600. The van der Waals surface area contributed by atoms with Crippen LogP contribution in [0.4, 0.5) is 5.69 Å². The van der Waals surface area contributed by atoms with Crippen LogP contribution in [0.3, 0.4) is 0 Å². The Morgan fingerprint density at radius 2 is 1.95 bits per heavy atom. The quantitative estimate of drug-likeness (QED) is 0.792. The van der Waals surface area contributed by atoms with Gasteiger partial charge in [0.05, 0.1) is 0 Å². The molecule has 1 aliphatic carbocycles. The molecule has 3 N–H and O–H groups in total. The summed E-state index contributed by atoms with van der Waals surface area (Å²) in [5.41, 5.74) is 6.12. The Labute approximate surface area is 135 Å².